The zero-order valence-corrected chi connectivity index (χ0v) is 14.4. The van der Waals surface area contributed by atoms with E-state index in [0.29, 0.717) is 0 Å². The van der Waals surface area contributed by atoms with Gasteiger partial charge < -0.3 is 0 Å². The van der Waals surface area contributed by atoms with Crippen LogP contribution in [0.1, 0.15) is 5.56 Å². The van der Waals surface area contributed by atoms with Gasteiger partial charge in [0, 0.05) is 23.3 Å². The zero-order valence-electron chi connectivity index (χ0n) is 13.5. The molecule has 0 saturated carbocycles. The van der Waals surface area contributed by atoms with Crippen LogP contribution in [-0.4, -0.2) is 9.91 Å². The molecule has 0 N–H and O–H groups in total. The molecule has 0 aliphatic heterocycles. The molecule has 0 radical (unpaired) electrons. The van der Waals surface area contributed by atoms with Gasteiger partial charge in [-0.1, -0.05) is 30.2 Å². The summed E-state index contributed by atoms with van der Waals surface area (Å²) in [5, 5.41) is 11.7. The van der Waals surface area contributed by atoms with Crippen LogP contribution in [-0.2, 0) is 0 Å². The molecule has 0 bridgehead atoms. The summed E-state index contributed by atoms with van der Waals surface area (Å²) in [5.41, 5.74) is 4.48. The Hall–Kier alpha value is -3.49. The van der Waals surface area contributed by atoms with Crippen molar-refractivity contribution >= 4 is 27.2 Å². The number of nitro groups is 1. The highest BCUT2D eigenvalue weighted by Gasteiger charge is 2.12. The third-order valence-corrected chi connectivity index (χ3v) is 5.18. The summed E-state index contributed by atoms with van der Waals surface area (Å²) >= 11 is 1.61. The molecule has 124 valence electrons. The minimum atomic E-state index is -0.410. The number of terminal acetylenes is 1. The number of aromatic nitrogens is 1. The molecule has 0 aliphatic rings. The van der Waals surface area contributed by atoms with Gasteiger partial charge in [-0.05, 0) is 41.5 Å². The summed E-state index contributed by atoms with van der Waals surface area (Å²) in [7, 11) is 0. The van der Waals surface area contributed by atoms with Crippen molar-refractivity contribution in [3.8, 4) is 34.0 Å². The summed E-state index contributed by atoms with van der Waals surface area (Å²) in [6.45, 7) is 0. The highest BCUT2D eigenvalue weighted by molar-refractivity contribution is 7.21. The van der Waals surface area contributed by atoms with Crippen molar-refractivity contribution in [1.29, 1.82) is 0 Å². The zero-order chi connectivity index (χ0) is 18.1. The van der Waals surface area contributed by atoms with Crippen LogP contribution in [0.2, 0.25) is 0 Å². The molecule has 4 nitrogen and oxygen atoms in total. The minimum absolute atomic E-state index is 0.0667. The van der Waals surface area contributed by atoms with E-state index in [1.165, 1.54) is 12.1 Å². The van der Waals surface area contributed by atoms with Gasteiger partial charge in [0.15, 0.2) is 0 Å². The summed E-state index contributed by atoms with van der Waals surface area (Å²) in [5.74, 6) is 2.74. The van der Waals surface area contributed by atoms with Crippen molar-refractivity contribution in [1.82, 2.24) is 4.98 Å². The highest BCUT2D eigenvalue weighted by atomic mass is 32.1. The Morgan fingerprint density at radius 1 is 1.00 bits per heavy atom. The first-order chi connectivity index (χ1) is 12.7. The fraction of sp³-hybridized carbons (Fsp3) is 0. The smallest absolute Gasteiger partial charge is 0.258 e. The van der Waals surface area contributed by atoms with E-state index < -0.39 is 4.92 Å². The largest absolute Gasteiger partial charge is 0.269 e. The molecular weight excluding hydrogens is 344 g/mol. The highest BCUT2D eigenvalue weighted by Crippen LogP contribution is 2.34. The molecule has 3 aromatic carbocycles. The number of hydrogen-bond donors (Lipinski definition) is 0. The fourth-order valence-electron chi connectivity index (χ4n) is 2.79. The molecule has 5 heteroatoms. The van der Waals surface area contributed by atoms with E-state index in [9.17, 15) is 10.1 Å². The normalized spacial score (nSPS) is 10.6. The van der Waals surface area contributed by atoms with Gasteiger partial charge in [-0.15, -0.1) is 17.8 Å². The second-order valence-corrected chi connectivity index (χ2v) is 6.73. The van der Waals surface area contributed by atoms with Crippen LogP contribution in [0.5, 0.6) is 0 Å². The molecule has 0 saturated heterocycles. The van der Waals surface area contributed by atoms with E-state index in [0.717, 1.165) is 37.5 Å². The number of non-ortho nitro benzene ring substituents is 1. The Morgan fingerprint density at radius 3 is 2.42 bits per heavy atom. The van der Waals surface area contributed by atoms with Gasteiger partial charge in [-0.3, -0.25) is 10.1 Å². The van der Waals surface area contributed by atoms with Crippen LogP contribution in [0.3, 0.4) is 0 Å². The number of benzene rings is 3. The number of fused-ring (bicyclic) bond motifs is 1. The molecule has 0 fully saturated rings. The number of nitrogens with zero attached hydrogens (tertiary/aromatic N) is 2. The first-order valence-electron chi connectivity index (χ1n) is 7.87. The van der Waals surface area contributed by atoms with Gasteiger partial charge in [0.2, 0.25) is 0 Å². The summed E-state index contributed by atoms with van der Waals surface area (Å²) < 4.78 is 1.12. The maximum absolute atomic E-state index is 10.8. The number of para-hydroxylation sites is 1. The van der Waals surface area contributed by atoms with Gasteiger partial charge in [-0.25, -0.2) is 4.98 Å². The fourth-order valence-corrected chi connectivity index (χ4v) is 3.80. The molecule has 4 rings (SSSR count). The summed E-state index contributed by atoms with van der Waals surface area (Å²) in [4.78, 5) is 15.1. The molecular formula is C21H12N2O2S. The van der Waals surface area contributed by atoms with Crippen molar-refractivity contribution in [3.63, 3.8) is 0 Å². The lowest BCUT2D eigenvalue weighted by Crippen LogP contribution is -1.89. The van der Waals surface area contributed by atoms with Crippen molar-refractivity contribution in [3.05, 3.63) is 82.4 Å². The first-order valence-corrected chi connectivity index (χ1v) is 8.69. The van der Waals surface area contributed by atoms with Gasteiger partial charge >= 0.3 is 0 Å². The van der Waals surface area contributed by atoms with Crippen molar-refractivity contribution in [2.75, 3.05) is 0 Å². The second-order valence-electron chi connectivity index (χ2n) is 5.70. The molecule has 0 spiro atoms. The van der Waals surface area contributed by atoms with Crippen LogP contribution in [0.25, 0.3) is 31.9 Å². The number of hydrogen-bond acceptors (Lipinski definition) is 4. The Labute approximate surface area is 153 Å². The molecule has 0 atom stereocenters. The Bertz CT molecular complexity index is 1140. The summed E-state index contributed by atoms with van der Waals surface area (Å²) in [6, 6.07) is 20.3. The van der Waals surface area contributed by atoms with Gasteiger partial charge in [0.1, 0.15) is 5.01 Å². The van der Waals surface area contributed by atoms with Gasteiger partial charge in [0.05, 0.1) is 15.1 Å². The maximum Gasteiger partial charge on any atom is 0.269 e. The predicted molar refractivity (Wildman–Crippen MR) is 105 cm³/mol. The van der Waals surface area contributed by atoms with E-state index in [-0.39, 0.29) is 5.69 Å². The summed E-state index contributed by atoms with van der Waals surface area (Å²) in [6.07, 6.45) is 5.73. The number of rotatable bonds is 3. The lowest BCUT2D eigenvalue weighted by atomic mass is 9.99. The second kappa shape index (κ2) is 6.43. The average Bonchev–Trinajstić information content (AvgIpc) is 3.11. The maximum atomic E-state index is 10.8. The Morgan fingerprint density at radius 2 is 1.73 bits per heavy atom. The van der Waals surface area contributed by atoms with Crippen molar-refractivity contribution in [2.45, 2.75) is 0 Å². The SMILES string of the molecule is C#Cc1cc(-c2ccc([N+](=O)[O-])cc2)ccc1-c1nc2ccccc2s1. The Kier molecular flexibility index (Phi) is 3.96. The Balaban J connectivity index is 1.77. The number of thiazole rings is 1. The van der Waals surface area contributed by atoms with E-state index in [4.69, 9.17) is 6.42 Å². The van der Waals surface area contributed by atoms with E-state index in [1.807, 2.05) is 42.5 Å². The molecule has 4 aromatic rings. The van der Waals surface area contributed by atoms with E-state index >= 15 is 0 Å². The van der Waals surface area contributed by atoms with Crippen LogP contribution in [0.4, 0.5) is 5.69 Å². The third kappa shape index (κ3) is 2.83. The van der Waals surface area contributed by atoms with Crippen molar-refractivity contribution in [2.24, 2.45) is 0 Å². The standard InChI is InChI=1S/C21H12N2O2S/c1-2-14-13-16(15-7-10-17(11-8-15)23(24)25)9-12-18(14)21-22-19-5-3-4-6-20(19)26-21/h1,3-13H. The van der Waals surface area contributed by atoms with Crippen LogP contribution in [0, 0.1) is 22.5 Å². The third-order valence-electron chi connectivity index (χ3n) is 4.11. The monoisotopic (exact) mass is 356 g/mol. The first kappa shape index (κ1) is 16.0. The van der Waals surface area contributed by atoms with Gasteiger partial charge in [0.25, 0.3) is 5.69 Å². The molecule has 0 unspecified atom stereocenters. The van der Waals surface area contributed by atoms with Gasteiger partial charge in [-0.2, -0.15) is 0 Å². The van der Waals surface area contributed by atoms with Crippen LogP contribution >= 0.6 is 11.3 Å². The molecule has 26 heavy (non-hydrogen) atoms. The topological polar surface area (TPSA) is 56.0 Å². The lowest BCUT2D eigenvalue weighted by molar-refractivity contribution is -0.384. The van der Waals surface area contributed by atoms with Crippen molar-refractivity contribution < 1.29 is 4.92 Å². The molecule has 1 heterocycles. The predicted octanol–water partition coefficient (Wildman–Crippen LogP) is 5.52. The average molecular weight is 356 g/mol. The lowest BCUT2D eigenvalue weighted by Gasteiger charge is -2.06. The van der Waals surface area contributed by atoms with Crippen LogP contribution < -0.4 is 0 Å². The molecule has 0 amide bonds. The van der Waals surface area contributed by atoms with Crippen LogP contribution in [0.15, 0.2) is 66.7 Å². The molecule has 1 aromatic heterocycles. The quantitative estimate of drug-likeness (QED) is 0.276. The minimum Gasteiger partial charge on any atom is -0.258 e. The number of nitro benzene ring substituents is 1. The van der Waals surface area contributed by atoms with E-state index in [2.05, 4.69) is 10.9 Å². The molecule has 0 aliphatic carbocycles. The van der Waals surface area contributed by atoms with E-state index in [1.54, 1.807) is 23.5 Å².